The van der Waals surface area contributed by atoms with E-state index in [1.165, 1.54) is 11.3 Å². The van der Waals surface area contributed by atoms with Crippen molar-refractivity contribution in [1.82, 2.24) is 9.55 Å². The van der Waals surface area contributed by atoms with Crippen LogP contribution >= 0.6 is 11.3 Å². The molecule has 3 heterocycles. The number of hydrogen-bond donors (Lipinski definition) is 1. The van der Waals surface area contributed by atoms with Gasteiger partial charge in [-0.3, -0.25) is 9.59 Å². The van der Waals surface area contributed by atoms with Crippen molar-refractivity contribution in [3.8, 4) is 5.69 Å². The lowest BCUT2D eigenvalue weighted by atomic mass is 9.97. The minimum Gasteiger partial charge on any atom is -0.341 e. The number of aromatic nitrogens is 2. The highest BCUT2D eigenvalue weighted by Gasteiger charge is 2.29. The molecule has 4 aromatic rings. The minimum absolute atomic E-state index is 0.00589. The number of nitrogens with zero attached hydrogens (tertiary/aromatic N) is 3. The second kappa shape index (κ2) is 8.83. The number of piperidine rings is 1. The monoisotopic (exact) mass is 458 g/mol. The maximum atomic E-state index is 13.5. The fraction of sp³-hybridized carbons (Fsp3) is 0.269. The molecule has 1 aliphatic heterocycles. The molecule has 7 heteroatoms. The van der Waals surface area contributed by atoms with Crippen LogP contribution in [0.1, 0.15) is 24.0 Å². The summed E-state index contributed by atoms with van der Waals surface area (Å²) in [6.45, 7) is 5.29. The second-order valence-electron chi connectivity index (χ2n) is 8.67. The summed E-state index contributed by atoms with van der Waals surface area (Å²) >= 11 is 1.41. The van der Waals surface area contributed by atoms with Crippen molar-refractivity contribution in [2.45, 2.75) is 26.7 Å². The van der Waals surface area contributed by atoms with Crippen molar-refractivity contribution in [2.24, 2.45) is 5.92 Å². The van der Waals surface area contributed by atoms with E-state index in [1.807, 2.05) is 73.8 Å². The fourth-order valence-electron chi connectivity index (χ4n) is 4.45. The van der Waals surface area contributed by atoms with E-state index < -0.39 is 0 Å². The SMILES string of the molecule is Cc1cccc(NC(=O)[C@H]2CCCN(c3nc4ccsc4c(=O)n3-c3cccc(C)c3)C2)c1. The summed E-state index contributed by atoms with van der Waals surface area (Å²) in [5.74, 6) is 0.427. The average molecular weight is 459 g/mol. The molecule has 2 aromatic carbocycles. The van der Waals surface area contributed by atoms with E-state index in [2.05, 4.69) is 10.2 Å². The number of carbonyl (C=O) groups excluding carboxylic acids is 1. The lowest BCUT2D eigenvalue weighted by molar-refractivity contribution is -0.120. The van der Waals surface area contributed by atoms with Crippen molar-refractivity contribution in [1.29, 1.82) is 0 Å². The average Bonchev–Trinajstić information content (AvgIpc) is 3.28. The Morgan fingerprint density at radius 3 is 2.67 bits per heavy atom. The number of anilines is 2. The summed E-state index contributed by atoms with van der Waals surface area (Å²) in [4.78, 5) is 33.5. The number of rotatable bonds is 4. The topological polar surface area (TPSA) is 67.2 Å². The molecule has 0 saturated carbocycles. The molecule has 1 saturated heterocycles. The Balaban J connectivity index is 1.50. The maximum absolute atomic E-state index is 13.5. The van der Waals surface area contributed by atoms with E-state index in [1.54, 1.807) is 4.57 Å². The molecular weight excluding hydrogens is 432 g/mol. The molecule has 1 amide bonds. The zero-order valence-electron chi connectivity index (χ0n) is 18.7. The first-order chi connectivity index (χ1) is 16.0. The van der Waals surface area contributed by atoms with Crippen molar-refractivity contribution in [2.75, 3.05) is 23.3 Å². The van der Waals surface area contributed by atoms with E-state index in [9.17, 15) is 9.59 Å². The van der Waals surface area contributed by atoms with E-state index in [-0.39, 0.29) is 17.4 Å². The molecule has 1 fully saturated rings. The maximum Gasteiger partial charge on any atom is 0.277 e. The van der Waals surface area contributed by atoms with Gasteiger partial charge in [-0.25, -0.2) is 9.55 Å². The normalized spacial score (nSPS) is 16.2. The molecule has 1 atom stereocenters. The fourth-order valence-corrected chi connectivity index (χ4v) is 5.21. The minimum atomic E-state index is -0.180. The summed E-state index contributed by atoms with van der Waals surface area (Å²) in [5.41, 5.74) is 4.42. The van der Waals surface area contributed by atoms with E-state index in [4.69, 9.17) is 4.98 Å². The van der Waals surface area contributed by atoms with Gasteiger partial charge in [0.1, 0.15) is 4.70 Å². The van der Waals surface area contributed by atoms with Gasteiger partial charge in [-0.1, -0.05) is 24.3 Å². The Morgan fingerprint density at radius 2 is 1.88 bits per heavy atom. The largest absolute Gasteiger partial charge is 0.341 e. The lowest BCUT2D eigenvalue weighted by Crippen LogP contribution is -2.43. The third-order valence-corrected chi connectivity index (χ3v) is 6.97. The van der Waals surface area contributed by atoms with Gasteiger partial charge in [-0.2, -0.15) is 0 Å². The standard InChI is InChI=1S/C26H26N4O2S/c1-17-6-3-9-20(14-17)27-24(31)19-8-5-12-29(16-19)26-28-22-11-13-33-23(22)25(32)30(26)21-10-4-7-18(2)15-21/h3-4,6-7,9-11,13-15,19H,5,8,12,16H2,1-2H3,(H,27,31)/t19-/m0/s1. The number of hydrogen-bond acceptors (Lipinski definition) is 5. The zero-order valence-corrected chi connectivity index (χ0v) is 19.6. The van der Waals surface area contributed by atoms with Gasteiger partial charge in [0.25, 0.3) is 5.56 Å². The number of fused-ring (bicyclic) bond motifs is 1. The van der Waals surface area contributed by atoms with Gasteiger partial charge < -0.3 is 10.2 Å². The van der Waals surface area contributed by atoms with E-state index in [0.29, 0.717) is 22.7 Å². The first kappa shape index (κ1) is 21.4. The van der Waals surface area contributed by atoms with Crippen molar-refractivity contribution in [3.63, 3.8) is 0 Å². The van der Waals surface area contributed by atoms with Crippen molar-refractivity contribution in [3.05, 3.63) is 81.5 Å². The first-order valence-corrected chi connectivity index (χ1v) is 12.1. The Morgan fingerprint density at radius 1 is 1.09 bits per heavy atom. The summed E-state index contributed by atoms with van der Waals surface area (Å²) in [6, 6.07) is 17.6. The molecule has 1 aliphatic rings. The predicted molar refractivity (Wildman–Crippen MR) is 135 cm³/mol. The summed E-state index contributed by atoms with van der Waals surface area (Å²) < 4.78 is 2.35. The molecule has 0 spiro atoms. The van der Waals surface area contributed by atoms with Crippen LogP contribution in [0.4, 0.5) is 11.6 Å². The van der Waals surface area contributed by atoms with Gasteiger partial charge in [0.2, 0.25) is 11.9 Å². The molecular formula is C26H26N4O2S. The molecule has 33 heavy (non-hydrogen) atoms. The molecule has 5 rings (SSSR count). The second-order valence-corrected chi connectivity index (χ2v) is 9.59. The zero-order chi connectivity index (χ0) is 22.9. The molecule has 6 nitrogen and oxygen atoms in total. The molecule has 0 aliphatic carbocycles. The number of nitrogens with one attached hydrogen (secondary N) is 1. The van der Waals surface area contributed by atoms with Crippen LogP contribution in [0.3, 0.4) is 0 Å². The first-order valence-electron chi connectivity index (χ1n) is 11.2. The summed E-state index contributed by atoms with van der Waals surface area (Å²) in [6.07, 6.45) is 1.67. The number of thiophene rings is 1. The highest BCUT2D eigenvalue weighted by Crippen LogP contribution is 2.27. The summed E-state index contributed by atoms with van der Waals surface area (Å²) in [7, 11) is 0. The molecule has 0 bridgehead atoms. The Kier molecular flexibility index (Phi) is 5.72. The molecule has 1 N–H and O–H groups in total. The van der Waals surface area contributed by atoms with Crippen LogP contribution in [0.5, 0.6) is 0 Å². The van der Waals surface area contributed by atoms with Gasteiger partial charge in [0.05, 0.1) is 17.1 Å². The number of aryl methyl sites for hydroxylation is 2. The van der Waals surface area contributed by atoms with Crippen LogP contribution in [0.15, 0.2) is 64.8 Å². The highest BCUT2D eigenvalue weighted by molar-refractivity contribution is 7.17. The van der Waals surface area contributed by atoms with Crippen LogP contribution in [-0.4, -0.2) is 28.5 Å². The van der Waals surface area contributed by atoms with Gasteiger partial charge in [-0.15, -0.1) is 11.3 Å². The Bertz CT molecular complexity index is 1390. The van der Waals surface area contributed by atoms with Gasteiger partial charge >= 0.3 is 0 Å². The number of carbonyl (C=O) groups is 1. The Hall–Kier alpha value is -3.45. The smallest absolute Gasteiger partial charge is 0.277 e. The van der Waals surface area contributed by atoms with Gasteiger partial charge in [-0.05, 0) is 73.5 Å². The van der Waals surface area contributed by atoms with Gasteiger partial charge in [0, 0.05) is 18.8 Å². The number of amides is 1. The van der Waals surface area contributed by atoms with Crippen LogP contribution in [0.25, 0.3) is 15.9 Å². The third-order valence-electron chi connectivity index (χ3n) is 6.08. The molecule has 2 aromatic heterocycles. The van der Waals surface area contributed by atoms with Crippen LogP contribution in [-0.2, 0) is 4.79 Å². The van der Waals surface area contributed by atoms with Gasteiger partial charge in [0.15, 0.2) is 0 Å². The molecule has 0 radical (unpaired) electrons. The van der Waals surface area contributed by atoms with Crippen molar-refractivity contribution < 1.29 is 4.79 Å². The number of benzene rings is 2. The predicted octanol–water partition coefficient (Wildman–Crippen LogP) is 4.92. The highest BCUT2D eigenvalue weighted by atomic mass is 32.1. The quantitative estimate of drug-likeness (QED) is 0.471. The lowest BCUT2D eigenvalue weighted by Gasteiger charge is -2.34. The third kappa shape index (κ3) is 4.28. The summed E-state index contributed by atoms with van der Waals surface area (Å²) in [5, 5.41) is 4.96. The van der Waals surface area contributed by atoms with E-state index >= 15 is 0 Å². The van der Waals surface area contributed by atoms with Crippen LogP contribution in [0, 0.1) is 19.8 Å². The van der Waals surface area contributed by atoms with E-state index in [0.717, 1.165) is 41.9 Å². The molecule has 0 unspecified atom stereocenters. The molecule has 168 valence electrons. The van der Waals surface area contributed by atoms with Crippen LogP contribution < -0.4 is 15.8 Å². The Labute approximate surface area is 196 Å². The van der Waals surface area contributed by atoms with Crippen LogP contribution in [0.2, 0.25) is 0 Å². The van der Waals surface area contributed by atoms with Crippen molar-refractivity contribution >= 4 is 39.1 Å².